The van der Waals surface area contributed by atoms with E-state index in [-0.39, 0.29) is 18.7 Å². The van der Waals surface area contributed by atoms with E-state index >= 15 is 0 Å². The molecule has 6 heteroatoms. The summed E-state index contributed by atoms with van der Waals surface area (Å²) in [6.45, 7) is 0.194. The van der Waals surface area contributed by atoms with Gasteiger partial charge in [0.25, 0.3) is 5.91 Å². The first-order valence-electron chi connectivity index (χ1n) is 8.83. The van der Waals surface area contributed by atoms with Crippen molar-refractivity contribution in [2.45, 2.75) is 25.0 Å². The van der Waals surface area contributed by atoms with Crippen molar-refractivity contribution in [1.29, 1.82) is 0 Å². The summed E-state index contributed by atoms with van der Waals surface area (Å²) < 4.78 is 16.0. The highest BCUT2D eigenvalue weighted by Gasteiger charge is 2.30. The normalized spacial score (nSPS) is 16.1. The summed E-state index contributed by atoms with van der Waals surface area (Å²) in [4.78, 5) is 24.8. The number of hydrogen-bond donors (Lipinski definition) is 1. The van der Waals surface area contributed by atoms with E-state index in [1.807, 2.05) is 24.3 Å². The molecule has 0 aromatic heterocycles. The molecule has 1 fully saturated rings. The van der Waals surface area contributed by atoms with E-state index in [2.05, 4.69) is 5.32 Å². The Balaban J connectivity index is 1.45. The fraction of sp³-hybridized carbons (Fsp3) is 0.238. The zero-order chi connectivity index (χ0) is 18.6. The molecular formula is C21H19NO5. The fourth-order valence-corrected chi connectivity index (χ4v) is 2.74. The number of carbonyl (C=O) groups excluding carboxylic acids is 2. The molecule has 138 valence electrons. The molecule has 1 heterocycles. The maximum Gasteiger partial charge on any atom is 0.331 e. The Kier molecular flexibility index (Phi) is 4.78. The molecule has 0 unspecified atom stereocenters. The van der Waals surface area contributed by atoms with Crippen LogP contribution in [0.25, 0.3) is 6.08 Å². The van der Waals surface area contributed by atoms with E-state index in [9.17, 15) is 9.59 Å². The predicted octanol–water partition coefficient (Wildman–Crippen LogP) is 2.99. The Morgan fingerprint density at radius 3 is 2.63 bits per heavy atom. The largest absolute Gasteiger partial charge is 0.454 e. The number of nitrogens with one attached hydrogen (secondary N) is 1. The monoisotopic (exact) mass is 365 g/mol. The standard InChI is InChI=1S/C21H19NO5/c23-19(11-7-14-6-10-17-18(12-14)26-13-25-17)27-20(15-4-2-1-3-5-15)21(24)22-16-8-9-16/h1-7,10-12,16,20H,8-9,13H2,(H,22,24)/b11-7+/t20-/m0/s1. The Morgan fingerprint density at radius 1 is 1.07 bits per heavy atom. The molecular weight excluding hydrogens is 346 g/mol. The van der Waals surface area contributed by atoms with Crippen molar-refractivity contribution in [2.24, 2.45) is 0 Å². The van der Waals surface area contributed by atoms with E-state index in [0.717, 1.165) is 18.4 Å². The van der Waals surface area contributed by atoms with E-state index in [0.29, 0.717) is 17.1 Å². The molecule has 4 rings (SSSR count). The lowest BCUT2D eigenvalue weighted by Crippen LogP contribution is -2.33. The second-order valence-electron chi connectivity index (χ2n) is 6.46. The maximum absolute atomic E-state index is 12.5. The molecule has 0 spiro atoms. The molecule has 2 aliphatic rings. The van der Waals surface area contributed by atoms with E-state index in [4.69, 9.17) is 14.2 Å². The number of rotatable bonds is 6. The minimum absolute atomic E-state index is 0.187. The molecule has 1 saturated carbocycles. The van der Waals surface area contributed by atoms with Gasteiger partial charge in [0.2, 0.25) is 12.9 Å². The summed E-state index contributed by atoms with van der Waals surface area (Å²) in [5, 5.41) is 2.89. The highest BCUT2D eigenvalue weighted by molar-refractivity contribution is 5.91. The molecule has 1 atom stereocenters. The number of fused-ring (bicyclic) bond motifs is 1. The van der Waals surface area contributed by atoms with Crippen LogP contribution in [-0.2, 0) is 14.3 Å². The van der Waals surface area contributed by atoms with Gasteiger partial charge in [0.05, 0.1) is 0 Å². The van der Waals surface area contributed by atoms with Crippen molar-refractivity contribution in [2.75, 3.05) is 6.79 Å². The molecule has 2 aromatic rings. The lowest BCUT2D eigenvalue weighted by Gasteiger charge is -2.17. The van der Waals surface area contributed by atoms with Gasteiger partial charge in [-0.25, -0.2) is 4.79 Å². The summed E-state index contributed by atoms with van der Waals surface area (Å²) in [7, 11) is 0. The highest BCUT2D eigenvalue weighted by Crippen LogP contribution is 2.32. The Hall–Kier alpha value is -3.28. The summed E-state index contributed by atoms with van der Waals surface area (Å²) in [5.74, 6) is 0.424. The quantitative estimate of drug-likeness (QED) is 0.629. The van der Waals surface area contributed by atoms with Crippen LogP contribution in [-0.4, -0.2) is 24.7 Å². The van der Waals surface area contributed by atoms with E-state index < -0.39 is 12.1 Å². The number of hydrogen-bond acceptors (Lipinski definition) is 5. The molecule has 0 bridgehead atoms. The van der Waals surface area contributed by atoms with Crippen LogP contribution >= 0.6 is 0 Å². The van der Waals surface area contributed by atoms with Gasteiger partial charge in [-0.05, 0) is 36.6 Å². The summed E-state index contributed by atoms with van der Waals surface area (Å²) in [6.07, 6.45) is 3.88. The van der Waals surface area contributed by atoms with Crippen LogP contribution in [0, 0.1) is 0 Å². The second kappa shape index (κ2) is 7.53. The number of carbonyl (C=O) groups is 2. The minimum atomic E-state index is -0.972. The Labute approximate surface area is 156 Å². The number of ether oxygens (including phenoxy) is 3. The smallest absolute Gasteiger partial charge is 0.331 e. The van der Waals surface area contributed by atoms with Crippen molar-refractivity contribution >= 4 is 18.0 Å². The van der Waals surface area contributed by atoms with Crippen LogP contribution in [0.2, 0.25) is 0 Å². The fourth-order valence-electron chi connectivity index (χ4n) is 2.74. The van der Waals surface area contributed by atoms with Crippen LogP contribution in [0.4, 0.5) is 0 Å². The second-order valence-corrected chi connectivity index (χ2v) is 6.46. The van der Waals surface area contributed by atoms with Gasteiger partial charge < -0.3 is 19.5 Å². The molecule has 27 heavy (non-hydrogen) atoms. The highest BCUT2D eigenvalue weighted by atomic mass is 16.7. The number of benzene rings is 2. The lowest BCUT2D eigenvalue weighted by atomic mass is 10.1. The molecule has 2 aromatic carbocycles. The molecule has 0 saturated heterocycles. The number of amides is 1. The van der Waals surface area contributed by atoms with Crippen molar-refractivity contribution in [1.82, 2.24) is 5.32 Å². The molecule has 1 aliphatic heterocycles. The van der Waals surface area contributed by atoms with Gasteiger partial charge >= 0.3 is 5.97 Å². The first kappa shape index (κ1) is 17.1. The van der Waals surface area contributed by atoms with Crippen molar-refractivity contribution in [3.05, 3.63) is 65.7 Å². The third-order valence-corrected chi connectivity index (χ3v) is 4.31. The zero-order valence-corrected chi connectivity index (χ0v) is 14.6. The van der Waals surface area contributed by atoms with Gasteiger partial charge in [0, 0.05) is 17.7 Å². The van der Waals surface area contributed by atoms with Crippen LogP contribution in [0.5, 0.6) is 11.5 Å². The zero-order valence-electron chi connectivity index (χ0n) is 14.6. The lowest BCUT2D eigenvalue weighted by molar-refractivity contribution is -0.151. The summed E-state index contributed by atoms with van der Waals surface area (Å²) in [6, 6.07) is 14.6. The van der Waals surface area contributed by atoms with Gasteiger partial charge in [-0.3, -0.25) is 4.79 Å². The molecule has 1 amide bonds. The van der Waals surface area contributed by atoms with Gasteiger partial charge in [0.15, 0.2) is 11.5 Å². The number of esters is 1. The van der Waals surface area contributed by atoms with Gasteiger partial charge in [-0.15, -0.1) is 0 Å². The predicted molar refractivity (Wildman–Crippen MR) is 98.0 cm³/mol. The maximum atomic E-state index is 12.5. The topological polar surface area (TPSA) is 73.9 Å². The third kappa shape index (κ3) is 4.28. The first-order chi connectivity index (χ1) is 13.2. The first-order valence-corrected chi connectivity index (χ1v) is 8.83. The van der Waals surface area contributed by atoms with Gasteiger partial charge in [0.1, 0.15) is 0 Å². The van der Waals surface area contributed by atoms with E-state index in [1.54, 1.807) is 30.3 Å². The molecule has 6 nitrogen and oxygen atoms in total. The van der Waals surface area contributed by atoms with Gasteiger partial charge in [-0.1, -0.05) is 36.4 Å². The molecule has 1 N–H and O–H groups in total. The third-order valence-electron chi connectivity index (χ3n) is 4.31. The Morgan fingerprint density at radius 2 is 1.85 bits per heavy atom. The van der Waals surface area contributed by atoms with Gasteiger partial charge in [-0.2, -0.15) is 0 Å². The van der Waals surface area contributed by atoms with Crippen LogP contribution in [0.3, 0.4) is 0 Å². The summed E-state index contributed by atoms with van der Waals surface area (Å²) >= 11 is 0. The SMILES string of the molecule is O=C(/C=C/c1ccc2c(c1)OCO2)O[C@H](C(=O)NC1CC1)c1ccccc1. The van der Waals surface area contributed by atoms with E-state index in [1.165, 1.54) is 6.08 Å². The van der Waals surface area contributed by atoms with Crippen molar-refractivity contribution < 1.29 is 23.8 Å². The molecule has 0 radical (unpaired) electrons. The van der Waals surface area contributed by atoms with Crippen LogP contribution in [0.15, 0.2) is 54.6 Å². The average molecular weight is 365 g/mol. The average Bonchev–Trinajstić information content (AvgIpc) is 3.38. The van der Waals surface area contributed by atoms with Crippen molar-refractivity contribution in [3.63, 3.8) is 0 Å². The Bertz CT molecular complexity index is 873. The van der Waals surface area contributed by atoms with Crippen molar-refractivity contribution in [3.8, 4) is 11.5 Å². The van der Waals surface area contributed by atoms with Crippen LogP contribution in [0.1, 0.15) is 30.1 Å². The summed E-state index contributed by atoms with van der Waals surface area (Å²) in [5.41, 5.74) is 1.41. The molecule has 1 aliphatic carbocycles. The minimum Gasteiger partial charge on any atom is -0.454 e. The van der Waals surface area contributed by atoms with Crippen LogP contribution < -0.4 is 14.8 Å².